The second-order valence-electron chi connectivity index (χ2n) is 13.9. The lowest BCUT2D eigenvalue weighted by Crippen LogP contribution is -2.01. The van der Waals surface area contributed by atoms with E-state index in [9.17, 15) is 10.5 Å². The Bertz CT molecular complexity index is 3420. The van der Waals surface area contributed by atoms with E-state index < -0.39 is 0 Å². The summed E-state index contributed by atoms with van der Waals surface area (Å²) in [7, 11) is 0. The average Bonchev–Trinajstić information content (AvgIpc) is 3.89. The van der Waals surface area contributed by atoms with Gasteiger partial charge in [-0.1, -0.05) is 115 Å². The van der Waals surface area contributed by atoms with Crippen LogP contribution in [0.25, 0.3) is 93.6 Å². The molecule has 0 fully saturated rings. The standard InChI is InChI=1S/C50H29N5/c51-30-32-12-11-18-43-41-17-5-8-21-46(41)54(50(32)43)34-24-26-36(33(28-34)31-52)37-13-1-9-22-47(37)55-48-23-10-4-16-40(48)42-27-25-35(29-49(42)55)53-44-19-6-2-14-38(44)39-15-3-7-20-45(39)53/h1-29H. The predicted octanol–water partition coefficient (Wildman–Crippen LogP) is 12.4. The fraction of sp³-hybridized carbons (Fsp3) is 0. The first-order valence-corrected chi connectivity index (χ1v) is 18.3. The molecule has 0 spiro atoms. The van der Waals surface area contributed by atoms with E-state index in [-0.39, 0.29) is 0 Å². The highest BCUT2D eigenvalue weighted by Crippen LogP contribution is 2.41. The van der Waals surface area contributed by atoms with Crippen molar-refractivity contribution in [1.82, 2.24) is 13.7 Å². The van der Waals surface area contributed by atoms with Crippen LogP contribution in [0.2, 0.25) is 0 Å². The fourth-order valence-corrected chi connectivity index (χ4v) is 8.83. The number of nitrogens with zero attached hydrogens (tertiary/aromatic N) is 5. The summed E-state index contributed by atoms with van der Waals surface area (Å²) in [6.45, 7) is 0. The van der Waals surface area contributed by atoms with Gasteiger partial charge in [-0.3, -0.25) is 0 Å². The molecule has 0 radical (unpaired) electrons. The Hall–Kier alpha value is -7.86. The molecular formula is C50H29N5. The number of benzene rings is 8. The van der Waals surface area contributed by atoms with Gasteiger partial charge in [-0.15, -0.1) is 0 Å². The zero-order valence-corrected chi connectivity index (χ0v) is 29.5. The van der Waals surface area contributed by atoms with Gasteiger partial charge in [0.2, 0.25) is 0 Å². The lowest BCUT2D eigenvalue weighted by Gasteiger charge is -2.17. The molecule has 3 aromatic heterocycles. The van der Waals surface area contributed by atoms with Crippen molar-refractivity contribution < 1.29 is 0 Å². The molecule has 0 bridgehead atoms. The van der Waals surface area contributed by atoms with Gasteiger partial charge in [-0.2, -0.15) is 10.5 Å². The largest absolute Gasteiger partial charge is 0.309 e. The van der Waals surface area contributed by atoms with Crippen LogP contribution < -0.4 is 0 Å². The van der Waals surface area contributed by atoms with E-state index in [2.05, 4.69) is 165 Å². The van der Waals surface area contributed by atoms with Crippen molar-refractivity contribution >= 4 is 65.4 Å². The van der Waals surface area contributed by atoms with Gasteiger partial charge in [0.25, 0.3) is 0 Å². The number of para-hydroxylation sites is 6. The van der Waals surface area contributed by atoms with Gasteiger partial charge in [-0.05, 0) is 60.7 Å². The predicted molar refractivity (Wildman–Crippen MR) is 224 cm³/mol. The number of rotatable bonds is 4. The van der Waals surface area contributed by atoms with E-state index in [0.29, 0.717) is 11.1 Å². The third kappa shape index (κ3) is 4.39. The maximum Gasteiger partial charge on any atom is 0.101 e. The Morgan fingerprint density at radius 1 is 0.327 bits per heavy atom. The maximum atomic E-state index is 10.8. The summed E-state index contributed by atoms with van der Waals surface area (Å²) < 4.78 is 6.82. The minimum Gasteiger partial charge on any atom is -0.309 e. The van der Waals surface area contributed by atoms with Crippen LogP contribution in [0.5, 0.6) is 0 Å². The van der Waals surface area contributed by atoms with Crippen LogP contribution in [0.3, 0.4) is 0 Å². The van der Waals surface area contributed by atoms with Crippen LogP contribution in [-0.2, 0) is 0 Å². The van der Waals surface area contributed by atoms with Gasteiger partial charge < -0.3 is 13.7 Å². The van der Waals surface area contributed by atoms with Crippen LogP contribution in [-0.4, -0.2) is 13.7 Å². The third-order valence-corrected chi connectivity index (χ3v) is 11.1. The first kappa shape index (κ1) is 30.7. The lowest BCUT2D eigenvalue weighted by atomic mass is 9.97. The monoisotopic (exact) mass is 699 g/mol. The first-order chi connectivity index (χ1) is 27.2. The minimum atomic E-state index is 0.553. The summed E-state index contributed by atoms with van der Waals surface area (Å²) in [5.74, 6) is 0. The van der Waals surface area contributed by atoms with Crippen molar-refractivity contribution in [2.45, 2.75) is 0 Å². The van der Waals surface area contributed by atoms with Gasteiger partial charge >= 0.3 is 0 Å². The first-order valence-electron chi connectivity index (χ1n) is 18.3. The van der Waals surface area contributed by atoms with Crippen LogP contribution in [0.4, 0.5) is 0 Å². The number of hydrogen-bond donors (Lipinski definition) is 0. The molecule has 254 valence electrons. The second kappa shape index (κ2) is 11.8. The molecule has 0 aliphatic heterocycles. The van der Waals surface area contributed by atoms with E-state index >= 15 is 0 Å². The average molecular weight is 700 g/mol. The molecule has 0 atom stereocenters. The van der Waals surface area contributed by atoms with Crippen molar-refractivity contribution in [3.8, 4) is 40.3 Å². The van der Waals surface area contributed by atoms with Crippen molar-refractivity contribution in [2.24, 2.45) is 0 Å². The van der Waals surface area contributed by atoms with Gasteiger partial charge in [0.05, 0.1) is 56.0 Å². The molecule has 0 aliphatic rings. The molecule has 5 nitrogen and oxygen atoms in total. The molecule has 5 heteroatoms. The summed E-state index contributed by atoms with van der Waals surface area (Å²) in [6, 6.07) is 65.9. The highest BCUT2D eigenvalue weighted by atomic mass is 15.0. The molecule has 55 heavy (non-hydrogen) atoms. The maximum absolute atomic E-state index is 10.8. The van der Waals surface area contributed by atoms with Crippen LogP contribution >= 0.6 is 0 Å². The summed E-state index contributed by atoms with van der Waals surface area (Å²) >= 11 is 0. The number of aromatic nitrogens is 3. The van der Waals surface area contributed by atoms with E-state index in [1.807, 2.05) is 36.4 Å². The van der Waals surface area contributed by atoms with Crippen LogP contribution in [0.15, 0.2) is 176 Å². The van der Waals surface area contributed by atoms with Crippen molar-refractivity contribution in [2.75, 3.05) is 0 Å². The van der Waals surface area contributed by atoms with E-state index in [1.165, 1.54) is 10.8 Å². The molecule has 0 amide bonds. The zero-order chi connectivity index (χ0) is 36.6. The molecule has 0 N–H and O–H groups in total. The van der Waals surface area contributed by atoms with E-state index in [0.717, 1.165) is 82.8 Å². The van der Waals surface area contributed by atoms with Crippen LogP contribution in [0, 0.1) is 22.7 Å². The quantitative estimate of drug-likeness (QED) is 0.184. The molecule has 0 unspecified atom stereocenters. The highest BCUT2D eigenvalue weighted by molar-refractivity contribution is 6.13. The van der Waals surface area contributed by atoms with Crippen molar-refractivity contribution in [3.63, 3.8) is 0 Å². The Labute approximate surface area is 316 Å². The normalized spacial score (nSPS) is 11.6. The summed E-state index contributed by atoms with van der Waals surface area (Å²) in [5.41, 5.74) is 12.2. The van der Waals surface area contributed by atoms with Gasteiger partial charge in [0, 0.05) is 54.8 Å². The molecular weight excluding hydrogens is 671 g/mol. The summed E-state index contributed by atoms with van der Waals surface area (Å²) in [4.78, 5) is 0. The Morgan fingerprint density at radius 3 is 1.47 bits per heavy atom. The van der Waals surface area contributed by atoms with Gasteiger partial charge in [0.1, 0.15) is 6.07 Å². The number of fused-ring (bicyclic) bond motifs is 9. The second-order valence-corrected chi connectivity index (χ2v) is 13.9. The zero-order valence-electron chi connectivity index (χ0n) is 29.5. The highest BCUT2D eigenvalue weighted by Gasteiger charge is 2.21. The summed E-state index contributed by atoms with van der Waals surface area (Å²) in [5, 5.41) is 27.8. The van der Waals surface area contributed by atoms with E-state index in [1.54, 1.807) is 0 Å². The van der Waals surface area contributed by atoms with Gasteiger partial charge in [0.15, 0.2) is 0 Å². The summed E-state index contributed by atoms with van der Waals surface area (Å²) in [6.07, 6.45) is 0. The Kier molecular flexibility index (Phi) is 6.61. The lowest BCUT2D eigenvalue weighted by molar-refractivity contribution is 1.15. The minimum absolute atomic E-state index is 0.553. The molecule has 0 saturated carbocycles. The molecule has 11 aromatic rings. The number of nitriles is 2. The number of hydrogen-bond acceptors (Lipinski definition) is 2. The SMILES string of the molecule is N#Cc1cc(-n2c3ccccc3c3cccc(C#N)c32)ccc1-c1ccccc1-n1c2ccccc2c2ccc(-n3c4ccccc4c4ccccc43)cc21. The van der Waals surface area contributed by atoms with E-state index in [4.69, 9.17) is 0 Å². The molecule has 3 heterocycles. The topological polar surface area (TPSA) is 62.4 Å². The molecule has 0 aliphatic carbocycles. The van der Waals surface area contributed by atoms with Crippen molar-refractivity contribution in [3.05, 3.63) is 187 Å². The van der Waals surface area contributed by atoms with Gasteiger partial charge in [-0.25, -0.2) is 0 Å². The molecule has 11 rings (SSSR count). The Balaban J connectivity index is 1.15. The van der Waals surface area contributed by atoms with Crippen LogP contribution in [0.1, 0.15) is 11.1 Å². The molecule has 0 saturated heterocycles. The molecule has 8 aromatic carbocycles. The third-order valence-electron chi connectivity index (χ3n) is 11.1. The Morgan fingerprint density at radius 2 is 0.818 bits per heavy atom. The van der Waals surface area contributed by atoms with Crippen molar-refractivity contribution in [1.29, 1.82) is 10.5 Å². The fourth-order valence-electron chi connectivity index (χ4n) is 8.83. The smallest absolute Gasteiger partial charge is 0.101 e.